The fourth-order valence-corrected chi connectivity index (χ4v) is 2.02. The van der Waals surface area contributed by atoms with E-state index in [9.17, 15) is 9.59 Å². The maximum atomic E-state index is 11.3. The molecule has 1 aromatic carbocycles. The van der Waals surface area contributed by atoms with Gasteiger partial charge in [0.25, 0.3) is 0 Å². The van der Waals surface area contributed by atoms with Crippen LogP contribution in [0, 0.1) is 0 Å². The highest BCUT2D eigenvalue weighted by molar-refractivity contribution is 5.99. The Labute approximate surface area is 107 Å². The molecule has 4 nitrogen and oxygen atoms in total. The number of hydrogen-bond acceptors (Lipinski definition) is 2. The van der Waals surface area contributed by atoms with Crippen LogP contribution in [-0.4, -0.2) is 17.0 Å². The number of carboxylic acid groups (broad SMARTS) is 1. The normalized spacial score (nSPS) is 10.3. The molecule has 0 saturated carbocycles. The van der Waals surface area contributed by atoms with Gasteiger partial charge in [0, 0.05) is 5.56 Å². The van der Waals surface area contributed by atoms with E-state index in [2.05, 4.69) is 6.92 Å². The number of benzene rings is 1. The van der Waals surface area contributed by atoms with E-state index in [4.69, 9.17) is 10.8 Å². The van der Waals surface area contributed by atoms with Crippen molar-refractivity contribution in [2.45, 2.75) is 39.0 Å². The van der Waals surface area contributed by atoms with E-state index in [0.29, 0.717) is 17.5 Å². The number of nitrogens with two attached hydrogens (primary N) is 1. The second kappa shape index (κ2) is 6.79. The van der Waals surface area contributed by atoms with Crippen LogP contribution in [0.4, 0.5) is 0 Å². The minimum Gasteiger partial charge on any atom is -0.478 e. The molecular weight excluding hydrogens is 230 g/mol. The molecule has 0 spiro atoms. The summed E-state index contributed by atoms with van der Waals surface area (Å²) in [6.07, 6.45) is 4.71. The van der Waals surface area contributed by atoms with Gasteiger partial charge in [0.2, 0.25) is 5.91 Å². The van der Waals surface area contributed by atoms with Crippen LogP contribution >= 0.6 is 0 Å². The smallest absolute Gasteiger partial charge is 0.335 e. The quantitative estimate of drug-likeness (QED) is 0.729. The van der Waals surface area contributed by atoms with Crippen molar-refractivity contribution in [3.8, 4) is 0 Å². The van der Waals surface area contributed by atoms with E-state index in [-0.39, 0.29) is 5.56 Å². The number of aromatic carboxylic acids is 1. The summed E-state index contributed by atoms with van der Waals surface area (Å²) in [5, 5.41) is 9.12. The van der Waals surface area contributed by atoms with Crippen LogP contribution in [0.2, 0.25) is 0 Å². The molecule has 0 heterocycles. The molecule has 18 heavy (non-hydrogen) atoms. The third kappa shape index (κ3) is 3.58. The Hall–Kier alpha value is -1.84. The van der Waals surface area contributed by atoms with Gasteiger partial charge >= 0.3 is 5.97 Å². The summed E-state index contributed by atoms with van der Waals surface area (Å²) >= 11 is 0. The highest BCUT2D eigenvalue weighted by Gasteiger charge is 2.16. The lowest BCUT2D eigenvalue weighted by atomic mass is 9.95. The lowest BCUT2D eigenvalue weighted by Gasteiger charge is -2.10. The van der Waals surface area contributed by atoms with Crippen molar-refractivity contribution in [1.29, 1.82) is 0 Å². The predicted octanol–water partition coefficient (Wildman–Crippen LogP) is 2.61. The molecule has 98 valence electrons. The van der Waals surface area contributed by atoms with Crippen molar-refractivity contribution in [3.63, 3.8) is 0 Å². The van der Waals surface area contributed by atoms with Crippen molar-refractivity contribution < 1.29 is 14.7 Å². The molecular formula is C14H19NO3. The first-order chi connectivity index (χ1) is 8.57. The molecule has 0 atom stereocenters. The van der Waals surface area contributed by atoms with Gasteiger partial charge in [-0.05, 0) is 30.5 Å². The van der Waals surface area contributed by atoms with Gasteiger partial charge in [0.1, 0.15) is 0 Å². The molecule has 1 aromatic rings. The third-order valence-electron chi connectivity index (χ3n) is 2.95. The van der Waals surface area contributed by atoms with Gasteiger partial charge in [0.15, 0.2) is 0 Å². The first-order valence-electron chi connectivity index (χ1n) is 6.23. The minimum atomic E-state index is -1.01. The highest BCUT2D eigenvalue weighted by atomic mass is 16.4. The summed E-state index contributed by atoms with van der Waals surface area (Å²) in [5.74, 6) is -1.58. The fourth-order valence-electron chi connectivity index (χ4n) is 2.02. The largest absolute Gasteiger partial charge is 0.478 e. The number of rotatable bonds is 7. The molecule has 0 fully saturated rings. The monoisotopic (exact) mass is 249 g/mol. The second-order valence-corrected chi connectivity index (χ2v) is 4.31. The van der Waals surface area contributed by atoms with Crippen molar-refractivity contribution >= 4 is 11.9 Å². The van der Waals surface area contributed by atoms with Crippen LogP contribution in [0.1, 0.15) is 58.9 Å². The van der Waals surface area contributed by atoms with Crippen LogP contribution in [0.5, 0.6) is 0 Å². The van der Waals surface area contributed by atoms with Crippen LogP contribution in [0.3, 0.4) is 0 Å². The maximum Gasteiger partial charge on any atom is 0.335 e. The lowest BCUT2D eigenvalue weighted by Crippen LogP contribution is -2.16. The third-order valence-corrected chi connectivity index (χ3v) is 2.95. The zero-order chi connectivity index (χ0) is 13.5. The first-order valence-corrected chi connectivity index (χ1v) is 6.23. The Morgan fingerprint density at radius 3 is 2.39 bits per heavy atom. The number of carbonyl (C=O) groups excluding carboxylic acids is 1. The Balaban J connectivity index is 2.96. The van der Waals surface area contributed by atoms with Gasteiger partial charge in [-0.1, -0.05) is 32.3 Å². The van der Waals surface area contributed by atoms with Crippen LogP contribution < -0.4 is 5.73 Å². The molecule has 0 saturated heterocycles. The zero-order valence-corrected chi connectivity index (χ0v) is 10.6. The van der Waals surface area contributed by atoms with Gasteiger partial charge < -0.3 is 10.8 Å². The van der Waals surface area contributed by atoms with Crippen molar-refractivity contribution in [3.05, 3.63) is 34.9 Å². The highest BCUT2D eigenvalue weighted by Crippen LogP contribution is 2.18. The molecule has 0 radical (unpaired) electrons. The summed E-state index contributed by atoms with van der Waals surface area (Å²) in [6, 6.07) is 4.66. The van der Waals surface area contributed by atoms with E-state index in [1.54, 1.807) is 12.1 Å². The molecule has 0 bridgehead atoms. The van der Waals surface area contributed by atoms with Crippen molar-refractivity contribution in [2.24, 2.45) is 5.73 Å². The van der Waals surface area contributed by atoms with E-state index in [0.717, 1.165) is 25.7 Å². The summed E-state index contributed by atoms with van der Waals surface area (Å²) in [7, 11) is 0. The number of amides is 1. The molecule has 0 aliphatic carbocycles. The fraction of sp³-hybridized carbons (Fsp3) is 0.429. The average Bonchev–Trinajstić information content (AvgIpc) is 2.34. The molecule has 4 heteroatoms. The van der Waals surface area contributed by atoms with Crippen molar-refractivity contribution in [1.82, 2.24) is 0 Å². The van der Waals surface area contributed by atoms with Gasteiger partial charge in [-0.25, -0.2) is 4.79 Å². The summed E-state index contributed by atoms with van der Waals surface area (Å²) in [4.78, 5) is 22.4. The van der Waals surface area contributed by atoms with E-state index in [1.165, 1.54) is 6.07 Å². The molecule has 0 aliphatic rings. The van der Waals surface area contributed by atoms with Crippen LogP contribution in [0.25, 0.3) is 0 Å². The van der Waals surface area contributed by atoms with Crippen molar-refractivity contribution in [2.75, 3.05) is 0 Å². The number of unbranched alkanes of at least 4 members (excludes halogenated alkanes) is 3. The van der Waals surface area contributed by atoms with E-state index >= 15 is 0 Å². The Morgan fingerprint density at radius 2 is 1.83 bits per heavy atom. The standard InChI is InChI=1S/C14H19NO3/c1-2-3-4-5-7-10-11(13(15)16)8-6-9-12(10)14(17)18/h6,8-9H,2-5,7H2,1H3,(H2,15,16)(H,17,18). The zero-order valence-electron chi connectivity index (χ0n) is 10.6. The summed E-state index contributed by atoms with van der Waals surface area (Å²) in [6.45, 7) is 2.11. The van der Waals surface area contributed by atoms with E-state index < -0.39 is 11.9 Å². The minimum absolute atomic E-state index is 0.183. The van der Waals surface area contributed by atoms with Gasteiger partial charge in [-0.2, -0.15) is 0 Å². The van der Waals surface area contributed by atoms with Gasteiger partial charge in [-0.15, -0.1) is 0 Å². The summed E-state index contributed by atoms with van der Waals surface area (Å²) in [5.41, 5.74) is 6.35. The Bertz CT molecular complexity index is 408. The van der Waals surface area contributed by atoms with Crippen LogP contribution in [0.15, 0.2) is 18.2 Å². The molecule has 0 unspecified atom stereocenters. The van der Waals surface area contributed by atoms with Gasteiger partial charge in [-0.3, -0.25) is 4.79 Å². The van der Waals surface area contributed by atoms with E-state index in [1.807, 2.05) is 0 Å². The molecule has 0 aliphatic heterocycles. The second-order valence-electron chi connectivity index (χ2n) is 4.31. The average molecular weight is 249 g/mol. The number of primary amides is 1. The molecule has 1 amide bonds. The SMILES string of the molecule is CCCCCCc1c(C(N)=O)cccc1C(=O)O. The number of carbonyl (C=O) groups is 2. The lowest BCUT2D eigenvalue weighted by molar-refractivity contribution is 0.0695. The number of carboxylic acids is 1. The van der Waals surface area contributed by atoms with Gasteiger partial charge in [0.05, 0.1) is 5.56 Å². The first kappa shape index (κ1) is 14.2. The Kier molecular flexibility index (Phi) is 5.36. The predicted molar refractivity (Wildman–Crippen MR) is 69.8 cm³/mol. The topological polar surface area (TPSA) is 80.4 Å². The molecule has 3 N–H and O–H groups in total. The molecule has 0 aromatic heterocycles. The maximum absolute atomic E-state index is 11.3. The van der Waals surface area contributed by atoms with Crippen LogP contribution in [-0.2, 0) is 6.42 Å². The molecule has 1 rings (SSSR count). The summed E-state index contributed by atoms with van der Waals surface area (Å²) < 4.78 is 0. The Morgan fingerprint density at radius 1 is 1.17 bits per heavy atom. The number of hydrogen-bond donors (Lipinski definition) is 2.